The van der Waals surface area contributed by atoms with Crippen LogP contribution in [0.2, 0.25) is 0 Å². The third-order valence-electron chi connectivity index (χ3n) is 2.52. The van der Waals surface area contributed by atoms with Gasteiger partial charge in [-0.15, -0.1) is 0 Å². The maximum atomic E-state index is 11.3. The number of methoxy groups -OCH3 is 1. The molecular formula is C13H12O2. The maximum absolute atomic E-state index is 11.3. The Morgan fingerprint density at radius 3 is 2.73 bits per heavy atom. The molecule has 0 radical (unpaired) electrons. The number of ether oxygens (including phenoxy) is 1. The van der Waals surface area contributed by atoms with E-state index in [0.29, 0.717) is 5.56 Å². The van der Waals surface area contributed by atoms with Crippen LogP contribution in [0.15, 0.2) is 36.4 Å². The van der Waals surface area contributed by atoms with E-state index in [0.717, 1.165) is 10.8 Å². The van der Waals surface area contributed by atoms with Gasteiger partial charge in [0.15, 0.2) is 0 Å². The molecule has 0 amide bonds. The van der Waals surface area contributed by atoms with Crippen LogP contribution in [-0.4, -0.2) is 13.1 Å². The monoisotopic (exact) mass is 200 g/mol. The molecule has 2 aromatic carbocycles. The molecule has 0 aliphatic heterocycles. The van der Waals surface area contributed by atoms with Gasteiger partial charge in [0, 0.05) is 0 Å². The van der Waals surface area contributed by atoms with Crippen LogP contribution in [-0.2, 0) is 4.74 Å². The average molecular weight is 200 g/mol. The fraction of sp³-hybridized carbons (Fsp3) is 0.154. The SMILES string of the molecule is COC(=O)c1ccc2cccc(C)c2c1. The molecule has 0 aliphatic carbocycles. The molecule has 0 saturated heterocycles. The van der Waals surface area contributed by atoms with Crippen LogP contribution in [0.5, 0.6) is 0 Å². The lowest BCUT2D eigenvalue weighted by Gasteiger charge is -2.04. The van der Waals surface area contributed by atoms with Gasteiger partial charge in [-0.3, -0.25) is 0 Å². The summed E-state index contributed by atoms with van der Waals surface area (Å²) in [6.45, 7) is 2.03. The van der Waals surface area contributed by atoms with Gasteiger partial charge in [-0.05, 0) is 35.4 Å². The van der Waals surface area contributed by atoms with Crippen molar-refractivity contribution >= 4 is 16.7 Å². The second kappa shape index (κ2) is 3.73. The van der Waals surface area contributed by atoms with E-state index in [2.05, 4.69) is 4.74 Å². The minimum atomic E-state index is -0.292. The van der Waals surface area contributed by atoms with Crippen molar-refractivity contribution in [2.45, 2.75) is 6.92 Å². The lowest BCUT2D eigenvalue weighted by molar-refractivity contribution is 0.0601. The van der Waals surface area contributed by atoms with Crippen LogP contribution >= 0.6 is 0 Å². The summed E-state index contributed by atoms with van der Waals surface area (Å²) in [5.74, 6) is -0.292. The van der Waals surface area contributed by atoms with Gasteiger partial charge in [-0.25, -0.2) is 4.79 Å². The van der Waals surface area contributed by atoms with Gasteiger partial charge in [0.2, 0.25) is 0 Å². The standard InChI is InChI=1S/C13H12O2/c1-9-4-3-5-10-6-7-11(8-12(9)10)13(14)15-2/h3-8H,1-2H3. The molecule has 0 N–H and O–H groups in total. The molecule has 0 atom stereocenters. The van der Waals surface area contributed by atoms with Crippen molar-refractivity contribution in [3.05, 3.63) is 47.5 Å². The number of aryl methyl sites for hydroxylation is 1. The first kappa shape index (κ1) is 9.71. The van der Waals surface area contributed by atoms with Crippen LogP contribution < -0.4 is 0 Å². The van der Waals surface area contributed by atoms with Crippen molar-refractivity contribution in [3.63, 3.8) is 0 Å². The first-order valence-corrected chi connectivity index (χ1v) is 4.80. The van der Waals surface area contributed by atoms with Gasteiger partial charge in [-0.1, -0.05) is 24.3 Å². The summed E-state index contributed by atoms with van der Waals surface area (Å²) in [5.41, 5.74) is 1.76. The Kier molecular flexibility index (Phi) is 2.42. The fourth-order valence-electron chi connectivity index (χ4n) is 1.67. The fourth-order valence-corrected chi connectivity index (χ4v) is 1.67. The molecule has 15 heavy (non-hydrogen) atoms. The summed E-state index contributed by atoms with van der Waals surface area (Å²) in [4.78, 5) is 11.3. The van der Waals surface area contributed by atoms with Crippen molar-refractivity contribution in [2.75, 3.05) is 7.11 Å². The van der Waals surface area contributed by atoms with E-state index in [1.807, 2.05) is 37.3 Å². The number of carbonyl (C=O) groups is 1. The zero-order chi connectivity index (χ0) is 10.8. The Bertz CT molecular complexity index is 515. The molecule has 76 valence electrons. The summed E-state index contributed by atoms with van der Waals surface area (Å²) in [7, 11) is 1.39. The molecule has 0 spiro atoms. The second-order valence-electron chi connectivity index (χ2n) is 3.50. The lowest BCUT2D eigenvalue weighted by atomic mass is 10.0. The first-order chi connectivity index (χ1) is 7.22. The van der Waals surface area contributed by atoms with Crippen LogP contribution in [0.3, 0.4) is 0 Å². The molecule has 2 heteroatoms. The Balaban J connectivity index is 2.64. The molecule has 0 heterocycles. The van der Waals surface area contributed by atoms with Gasteiger partial charge in [0.25, 0.3) is 0 Å². The van der Waals surface area contributed by atoms with E-state index in [-0.39, 0.29) is 5.97 Å². The number of fused-ring (bicyclic) bond motifs is 1. The number of esters is 1. The average Bonchev–Trinajstić information content (AvgIpc) is 2.28. The second-order valence-corrected chi connectivity index (χ2v) is 3.50. The highest BCUT2D eigenvalue weighted by atomic mass is 16.5. The van der Waals surface area contributed by atoms with E-state index < -0.39 is 0 Å². The Hall–Kier alpha value is -1.83. The Morgan fingerprint density at radius 2 is 2.00 bits per heavy atom. The summed E-state index contributed by atoms with van der Waals surface area (Å²) in [6.07, 6.45) is 0. The molecule has 0 aromatic heterocycles. The van der Waals surface area contributed by atoms with Gasteiger partial charge in [0.05, 0.1) is 12.7 Å². The number of hydrogen-bond donors (Lipinski definition) is 0. The van der Waals surface area contributed by atoms with Crippen LogP contribution in [0.1, 0.15) is 15.9 Å². The summed E-state index contributed by atoms with van der Waals surface area (Å²) in [5, 5.41) is 2.24. The highest BCUT2D eigenvalue weighted by molar-refractivity contribution is 5.96. The van der Waals surface area contributed by atoms with E-state index in [1.54, 1.807) is 6.07 Å². The van der Waals surface area contributed by atoms with Crippen LogP contribution in [0, 0.1) is 6.92 Å². The van der Waals surface area contributed by atoms with Crippen molar-refractivity contribution in [3.8, 4) is 0 Å². The molecule has 0 aliphatic rings. The summed E-state index contributed by atoms with van der Waals surface area (Å²) >= 11 is 0. The van der Waals surface area contributed by atoms with Gasteiger partial charge < -0.3 is 4.74 Å². The van der Waals surface area contributed by atoms with E-state index in [9.17, 15) is 4.79 Å². The quantitative estimate of drug-likeness (QED) is 0.661. The maximum Gasteiger partial charge on any atom is 0.337 e. The molecule has 0 unspecified atom stereocenters. The van der Waals surface area contributed by atoms with Crippen molar-refractivity contribution in [1.82, 2.24) is 0 Å². The van der Waals surface area contributed by atoms with Gasteiger partial charge in [0.1, 0.15) is 0 Å². The topological polar surface area (TPSA) is 26.3 Å². The van der Waals surface area contributed by atoms with Gasteiger partial charge >= 0.3 is 5.97 Å². The predicted molar refractivity (Wildman–Crippen MR) is 60.0 cm³/mol. The minimum Gasteiger partial charge on any atom is -0.465 e. The summed E-state index contributed by atoms with van der Waals surface area (Å²) < 4.78 is 4.69. The molecule has 0 saturated carbocycles. The van der Waals surface area contributed by atoms with E-state index >= 15 is 0 Å². The molecular weight excluding hydrogens is 188 g/mol. The predicted octanol–water partition coefficient (Wildman–Crippen LogP) is 2.93. The Morgan fingerprint density at radius 1 is 1.20 bits per heavy atom. The number of rotatable bonds is 1. The van der Waals surface area contributed by atoms with Crippen LogP contribution in [0.25, 0.3) is 10.8 Å². The summed E-state index contributed by atoms with van der Waals surface area (Å²) in [6, 6.07) is 11.7. The number of hydrogen-bond acceptors (Lipinski definition) is 2. The van der Waals surface area contributed by atoms with Crippen LogP contribution in [0.4, 0.5) is 0 Å². The minimum absolute atomic E-state index is 0.292. The zero-order valence-electron chi connectivity index (χ0n) is 8.78. The Labute approximate surface area is 88.5 Å². The van der Waals surface area contributed by atoms with Crippen molar-refractivity contribution < 1.29 is 9.53 Å². The zero-order valence-corrected chi connectivity index (χ0v) is 8.78. The highest BCUT2D eigenvalue weighted by Crippen LogP contribution is 2.20. The van der Waals surface area contributed by atoms with E-state index in [4.69, 9.17) is 0 Å². The molecule has 0 bridgehead atoms. The lowest BCUT2D eigenvalue weighted by Crippen LogP contribution is -2.00. The molecule has 2 rings (SSSR count). The number of carbonyl (C=O) groups excluding carboxylic acids is 1. The normalized spacial score (nSPS) is 10.3. The third kappa shape index (κ3) is 1.71. The highest BCUT2D eigenvalue weighted by Gasteiger charge is 2.06. The molecule has 0 fully saturated rings. The smallest absolute Gasteiger partial charge is 0.337 e. The first-order valence-electron chi connectivity index (χ1n) is 4.80. The number of benzene rings is 2. The molecule has 2 nitrogen and oxygen atoms in total. The molecule has 2 aromatic rings. The third-order valence-corrected chi connectivity index (χ3v) is 2.52. The van der Waals surface area contributed by atoms with Gasteiger partial charge in [-0.2, -0.15) is 0 Å². The van der Waals surface area contributed by atoms with Crippen molar-refractivity contribution in [2.24, 2.45) is 0 Å². The van der Waals surface area contributed by atoms with Crippen molar-refractivity contribution in [1.29, 1.82) is 0 Å². The van der Waals surface area contributed by atoms with E-state index in [1.165, 1.54) is 12.7 Å². The largest absolute Gasteiger partial charge is 0.465 e.